The summed E-state index contributed by atoms with van der Waals surface area (Å²) in [4.78, 5) is 11.9. The molecular weight excluding hydrogens is 659 g/mol. The maximum absolute atomic E-state index is 17.4. The van der Waals surface area contributed by atoms with Gasteiger partial charge in [0.15, 0.2) is 19.5 Å². The number of aromatic nitrogens is 4. The first-order valence-corrected chi connectivity index (χ1v) is 16.7. The minimum absolute atomic E-state index is 0.0449. The van der Waals surface area contributed by atoms with Crippen LogP contribution in [0.15, 0.2) is 36.5 Å². The van der Waals surface area contributed by atoms with Crippen LogP contribution in [0.4, 0.5) is 14.6 Å². The smallest absolute Gasteiger partial charge is 0.319 e. The van der Waals surface area contributed by atoms with E-state index < -0.39 is 28.4 Å². The van der Waals surface area contributed by atoms with Crippen molar-refractivity contribution in [3.05, 3.63) is 53.7 Å². The lowest BCUT2D eigenvalue weighted by Gasteiger charge is -2.44. The molecule has 1 unspecified atom stereocenters. The van der Waals surface area contributed by atoms with Crippen LogP contribution in [0, 0.1) is 23.0 Å². The van der Waals surface area contributed by atoms with Crippen molar-refractivity contribution in [2.45, 2.75) is 44.4 Å². The van der Waals surface area contributed by atoms with Crippen LogP contribution in [-0.4, -0.2) is 119 Å². The molecule has 4 N–H and O–H groups in total. The fourth-order valence-electron chi connectivity index (χ4n) is 7.01. The Morgan fingerprint density at radius 3 is 2.55 bits per heavy atom. The average molecular weight is 694 g/mol. The zero-order valence-electron chi connectivity index (χ0n) is 28.2. The summed E-state index contributed by atoms with van der Waals surface area (Å²) < 4.78 is 46.0. The summed E-state index contributed by atoms with van der Waals surface area (Å²) in [5.74, 6) is -3.97. The second-order valence-corrected chi connectivity index (χ2v) is 13.8. The van der Waals surface area contributed by atoms with Crippen molar-refractivity contribution in [3.8, 4) is 23.0 Å². The molecule has 17 heteroatoms. The molecule has 260 valence electrons. The minimum Gasteiger partial charge on any atom is -0.508 e. The Labute approximate surface area is 296 Å². The molecule has 3 aromatic heterocycles. The molecule has 2 aliphatic rings. The standard InChI is InChI=1S/C34H35B3F2N6O6/c1-3-21-23(38)5-4-19-12-20(46)13-22(25(19)21)29-27(39)28-26(24-6-9-40-45(24)29)30(43-10-11-50-15-18(2)14-43)42-31(41-28)51-17-32(7-8-32)16-44(33(35,36)47)34(37,48)49/h4-6,9,12-13,18,46-49H,3,7-8,10-11,14-17H2,1-2H3. The topological polar surface area (TPSA) is 149 Å². The Morgan fingerprint density at radius 2 is 1.86 bits per heavy atom. The van der Waals surface area contributed by atoms with E-state index in [1.807, 2.05) is 11.8 Å². The number of aliphatic hydroxyl groups is 3. The van der Waals surface area contributed by atoms with Gasteiger partial charge in [0.1, 0.15) is 44.3 Å². The van der Waals surface area contributed by atoms with E-state index in [1.54, 1.807) is 13.0 Å². The molecule has 12 nitrogen and oxygen atoms in total. The van der Waals surface area contributed by atoms with Gasteiger partial charge in [0.2, 0.25) is 0 Å². The molecule has 1 aliphatic heterocycles. The number of phenolic OH excluding ortho intramolecular Hbond substituents is 1. The molecule has 1 aliphatic carbocycles. The molecule has 5 aromatic rings. The summed E-state index contributed by atoms with van der Waals surface area (Å²) in [6.45, 7) is 5.35. The maximum atomic E-state index is 17.4. The Balaban J connectivity index is 1.42. The molecular formula is C34H35B3F2N6O6. The lowest BCUT2D eigenvalue weighted by molar-refractivity contribution is -0.240. The summed E-state index contributed by atoms with van der Waals surface area (Å²) >= 11 is 0. The average Bonchev–Trinajstić information content (AvgIpc) is 3.73. The maximum Gasteiger partial charge on any atom is 0.319 e. The monoisotopic (exact) mass is 694 g/mol. The number of fused-ring (bicyclic) bond motifs is 4. The minimum atomic E-state index is -3.04. The molecule has 0 amide bonds. The van der Waals surface area contributed by atoms with Crippen LogP contribution in [0.3, 0.4) is 0 Å². The third-order valence-electron chi connectivity index (χ3n) is 9.68. The number of rotatable bonds is 10. The highest BCUT2D eigenvalue weighted by atomic mass is 19.1. The van der Waals surface area contributed by atoms with Crippen molar-refractivity contribution in [2.75, 3.05) is 44.4 Å². The molecule has 1 saturated heterocycles. The number of ether oxygens (including phenoxy) is 2. The van der Waals surface area contributed by atoms with Gasteiger partial charge in [-0.2, -0.15) is 15.1 Å². The molecule has 7 rings (SSSR count). The molecule has 1 atom stereocenters. The Hall–Kier alpha value is -4.02. The Morgan fingerprint density at radius 1 is 1.10 bits per heavy atom. The summed E-state index contributed by atoms with van der Waals surface area (Å²) in [6, 6.07) is 7.28. The summed E-state index contributed by atoms with van der Waals surface area (Å²) in [7, 11) is 16.6. The van der Waals surface area contributed by atoms with E-state index in [0.717, 1.165) is 0 Å². The fraction of sp³-hybridized carbons (Fsp3) is 0.441. The van der Waals surface area contributed by atoms with Gasteiger partial charge in [-0.1, -0.05) is 19.9 Å². The van der Waals surface area contributed by atoms with Gasteiger partial charge in [-0.05, 0) is 65.8 Å². The van der Waals surface area contributed by atoms with E-state index in [9.17, 15) is 20.4 Å². The molecule has 2 aromatic carbocycles. The van der Waals surface area contributed by atoms with E-state index in [1.165, 1.54) is 35.0 Å². The highest BCUT2D eigenvalue weighted by Gasteiger charge is 2.50. The lowest BCUT2D eigenvalue weighted by Crippen LogP contribution is -2.64. The van der Waals surface area contributed by atoms with Gasteiger partial charge in [0, 0.05) is 36.1 Å². The number of pyridine rings is 1. The third kappa shape index (κ3) is 6.61. The number of benzene rings is 2. The third-order valence-corrected chi connectivity index (χ3v) is 9.68. The number of anilines is 1. The van der Waals surface area contributed by atoms with Gasteiger partial charge in [0.25, 0.3) is 0 Å². The van der Waals surface area contributed by atoms with Crippen molar-refractivity contribution in [3.63, 3.8) is 0 Å². The lowest BCUT2D eigenvalue weighted by atomic mass is 9.70. The summed E-state index contributed by atoms with van der Waals surface area (Å²) in [5, 5.41) is 46.9. The van der Waals surface area contributed by atoms with Crippen LogP contribution < -0.4 is 9.64 Å². The molecule has 1 saturated carbocycles. The van der Waals surface area contributed by atoms with Crippen LogP contribution in [0.25, 0.3) is 38.4 Å². The van der Waals surface area contributed by atoms with Gasteiger partial charge < -0.3 is 34.8 Å². The van der Waals surface area contributed by atoms with E-state index in [2.05, 4.69) is 10.1 Å². The first-order valence-electron chi connectivity index (χ1n) is 16.7. The molecule has 0 spiro atoms. The van der Waals surface area contributed by atoms with E-state index in [0.29, 0.717) is 83.5 Å². The van der Waals surface area contributed by atoms with Gasteiger partial charge in [-0.3, -0.25) is 4.90 Å². The highest BCUT2D eigenvalue weighted by molar-refractivity contribution is 6.38. The summed E-state index contributed by atoms with van der Waals surface area (Å²) in [5.41, 5.74) is -2.55. The first kappa shape index (κ1) is 35.4. The number of nitrogens with zero attached hydrogens (tertiary/aromatic N) is 6. The zero-order chi connectivity index (χ0) is 36.5. The highest BCUT2D eigenvalue weighted by Crippen LogP contribution is 2.48. The van der Waals surface area contributed by atoms with Crippen LogP contribution in [-0.2, 0) is 11.2 Å². The van der Waals surface area contributed by atoms with Crippen molar-refractivity contribution in [2.24, 2.45) is 11.3 Å². The number of aryl methyl sites for hydroxylation is 1. The normalized spacial score (nSPS) is 18.2. The Kier molecular flexibility index (Phi) is 8.94. The first-order chi connectivity index (χ1) is 24.1. The quantitative estimate of drug-likeness (QED) is 0.126. The predicted molar refractivity (Wildman–Crippen MR) is 188 cm³/mol. The number of hydrogen-bond acceptors (Lipinski definition) is 11. The molecule has 4 heterocycles. The van der Waals surface area contributed by atoms with Crippen molar-refractivity contribution >= 4 is 56.5 Å². The number of aromatic hydroxyl groups is 1. The number of phenols is 1. The molecule has 2 fully saturated rings. The predicted octanol–water partition coefficient (Wildman–Crippen LogP) is 2.28. The Bertz CT molecular complexity index is 2120. The van der Waals surface area contributed by atoms with Gasteiger partial charge in [-0.15, -0.1) is 0 Å². The molecule has 51 heavy (non-hydrogen) atoms. The SMILES string of the molecule is [B]C([B])(O)N(CC1(COc2nc(N3CCOCC(C)C3)c3c(n2)c(F)c(-c2cc(O)cc4ccc(F)c(CC)c24)n2nccc32)CC1)C([B])(O)O. The van der Waals surface area contributed by atoms with Crippen LogP contribution in [0.5, 0.6) is 11.8 Å². The van der Waals surface area contributed by atoms with Crippen molar-refractivity contribution in [1.82, 2.24) is 24.5 Å². The second kappa shape index (κ2) is 12.9. The van der Waals surface area contributed by atoms with Crippen LogP contribution in [0.1, 0.15) is 32.3 Å². The number of hydrogen-bond donors (Lipinski definition) is 4. The van der Waals surface area contributed by atoms with Gasteiger partial charge in [0.05, 0.1) is 36.9 Å². The molecule has 6 radical (unpaired) electrons. The van der Waals surface area contributed by atoms with Crippen molar-refractivity contribution < 1.29 is 38.7 Å². The van der Waals surface area contributed by atoms with E-state index in [-0.39, 0.29) is 47.6 Å². The van der Waals surface area contributed by atoms with Crippen molar-refractivity contribution in [1.29, 1.82) is 0 Å². The van der Waals surface area contributed by atoms with E-state index >= 15 is 8.78 Å². The van der Waals surface area contributed by atoms with Gasteiger partial charge >= 0.3 is 6.01 Å². The van der Waals surface area contributed by atoms with Crippen LogP contribution in [0.2, 0.25) is 0 Å². The number of halogens is 2. The largest absolute Gasteiger partial charge is 0.508 e. The van der Waals surface area contributed by atoms with Crippen LogP contribution >= 0.6 is 0 Å². The second-order valence-electron chi connectivity index (χ2n) is 13.8. The van der Waals surface area contributed by atoms with Gasteiger partial charge in [-0.25, -0.2) is 13.3 Å². The van der Waals surface area contributed by atoms with E-state index in [4.69, 9.17) is 38.0 Å². The summed E-state index contributed by atoms with van der Waals surface area (Å²) in [6.07, 6.45) is 2.87. The molecule has 0 bridgehead atoms. The zero-order valence-corrected chi connectivity index (χ0v) is 28.2. The fourth-order valence-corrected chi connectivity index (χ4v) is 7.01.